The van der Waals surface area contributed by atoms with Crippen molar-refractivity contribution in [1.29, 1.82) is 0 Å². The van der Waals surface area contributed by atoms with Gasteiger partial charge in [0.05, 0.1) is 6.54 Å². The summed E-state index contributed by atoms with van der Waals surface area (Å²) in [6.45, 7) is 6.46. The molecule has 0 fully saturated rings. The fourth-order valence-electron chi connectivity index (χ4n) is 2.02. The number of benzene rings is 1. The van der Waals surface area contributed by atoms with Crippen LogP contribution in [-0.4, -0.2) is 19.9 Å². The molecule has 1 unspecified atom stereocenters. The van der Waals surface area contributed by atoms with Crippen molar-refractivity contribution in [2.24, 2.45) is 5.41 Å². The van der Waals surface area contributed by atoms with Crippen LogP contribution in [0.4, 0.5) is 0 Å². The maximum Gasteiger partial charge on any atom is 0.137 e. The van der Waals surface area contributed by atoms with Gasteiger partial charge >= 0.3 is 0 Å². The molecule has 96 valence electrons. The topological polar surface area (TPSA) is 50.9 Å². The quantitative estimate of drug-likeness (QED) is 0.902. The van der Waals surface area contributed by atoms with E-state index in [4.69, 9.17) is 0 Å². The van der Waals surface area contributed by atoms with E-state index in [0.29, 0.717) is 6.54 Å². The first-order valence-corrected chi connectivity index (χ1v) is 6.04. The van der Waals surface area contributed by atoms with Gasteiger partial charge in [0.25, 0.3) is 0 Å². The lowest BCUT2D eigenvalue weighted by molar-refractivity contribution is -0.0804. The monoisotopic (exact) mass is 245 g/mol. The molecule has 1 N–H and O–H groups in total. The first kappa shape index (κ1) is 12.8. The summed E-state index contributed by atoms with van der Waals surface area (Å²) < 4.78 is 1.66. The number of rotatable bonds is 3. The summed E-state index contributed by atoms with van der Waals surface area (Å²) in [5, 5.41) is 15.2. The Morgan fingerprint density at radius 3 is 2.33 bits per heavy atom. The number of hydrogen-bond donors (Lipinski definition) is 1. The van der Waals surface area contributed by atoms with E-state index >= 15 is 0 Å². The second-order valence-corrected chi connectivity index (χ2v) is 5.57. The van der Waals surface area contributed by atoms with Crippen molar-refractivity contribution in [2.45, 2.75) is 32.9 Å². The van der Waals surface area contributed by atoms with Gasteiger partial charge in [-0.3, -0.25) is 0 Å². The molecule has 4 heteroatoms. The van der Waals surface area contributed by atoms with Gasteiger partial charge in [0.15, 0.2) is 0 Å². The van der Waals surface area contributed by atoms with Crippen molar-refractivity contribution < 1.29 is 5.11 Å². The third-order valence-corrected chi connectivity index (χ3v) is 3.35. The molecule has 2 aromatic rings. The summed E-state index contributed by atoms with van der Waals surface area (Å²) in [5.41, 5.74) is -0.393. The molecule has 0 aliphatic rings. The second-order valence-electron chi connectivity index (χ2n) is 5.57. The maximum absolute atomic E-state index is 11.1. The van der Waals surface area contributed by atoms with Crippen LogP contribution < -0.4 is 0 Å². The SMILES string of the molecule is CC(C)(C)C(O)(Cn1cncn1)c1ccccc1. The average Bonchev–Trinajstić information content (AvgIpc) is 2.81. The molecule has 1 heterocycles. The highest BCUT2D eigenvalue weighted by Crippen LogP contribution is 2.40. The Bertz CT molecular complexity index is 488. The zero-order valence-corrected chi connectivity index (χ0v) is 11.0. The fourth-order valence-corrected chi connectivity index (χ4v) is 2.02. The minimum absolute atomic E-state index is 0.305. The van der Waals surface area contributed by atoms with Crippen LogP contribution in [0.3, 0.4) is 0 Å². The minimum Gasteiger partial charge on any atom is -0.383 e. The highest BCUT2D eigenvalue weighted by molar-refractivity contribution is 5.24. The third-order valence-electron chi connectivity index (χ3n) is 3.35. The Hall–Kier alpha value is -1.68. The van der Waals surface area contributed by atoms with Crippen LogP contribution >= 0.6 is 0 Å². The summed E-state index contributed by atoms with van der Waals surface area (Å²) in [4.78, 5) is 3.92. The molecule has 4 nitrogen and oxygen atoms in total. The van der Waals surface area contributed by atoms with E-state index in [1.54, 1.807) is 11.0 Å². The van der Waals surface area contributed by atoms with Gasteiger partial charge in [-0.05, 0) is 11.0 Å². The Balaban J connectivity index is 2.42. The average molecular weight is 245 g/mol. The Morgan fingerprint density at radius 1 is 1.17 bits per heavy atom. The van der Waals surface area contributed by atoms with Gasteiger partial charge in [-0.2, -0.15) is 5.10 Å². The molecule has 0 saturated heterocycles. The van der Waals surface area contributed by atoms with Crippen LogP contribution in [0.5, 0.6) is 0 Å². The summed E-state index contributed by atoms with van der Waals surface area (Å²) in [5.74, 6) is 0. The molecule has 1 aromatic carbocycles. The number of nitrogens with zero attached hydrogens (tertiary/aromatic N) is 3. The van der Waals surface area contributed by atoms with E-state index in [1.807, 2.05) is 51.1 Å². The number of hydrogen-bond acceptors (Lipinski definition) is 3. The van der Waals surface area contributed by atoms with E-state index in [1.165, 1.54) is 6.33 Å². The van der Waals surface area contributed by atoms with E-state index in [-0.39, 0.29) is 5.41 Å². The van der Waals surface area contributed by atoms with Crippen molar-refractivity contribution in [3.05, 3.63) is 48.5 Å². The van der Waals surface area contributed by atoms with Crippen LogP contribution in [0.1, 0.15) is 26.3 Å². The summed E-state index contributed by atoms with van der Waals surface area (Å²) in [6, 6.07) is 9.72. The first-order chi connectivity index (χ1) is 8.43. The lowest BCUT2D eigenvalue weighted by Crippen LogP contribution is -2.43. The Kier molecular flexibility index (Phi) is 3.22. The van der Waals surface area contributed by atoms with E-state index in [2.05, 4.69) is 10.1 Å². The molecule has 0 spiro atoms. The molecule has 18 heavy (non-hydrogen) atoms. The largest absolute Gasteiger partial charge is 0.383 e. The molecule has 0 aliphatic carbocycles. The van der Waals surface area contributed by atoms with Crippen molar-refractivity contribution in [3.8, 4) is 0 Å². The molecule has 0 radical (unpaired) electrons. The number of aliphatic hydroxyl groups is 1. The van der Waals surface area contributed by atoms with Gasteiger partial charge in [0.2, 0.25) is 0 Å². The number of aromatic nitrogens is 3. The highest BCUT2D eigenvalue weighted by Gasteiger charge is 2.42. The third kappa shape index (κ3) is 2.29. The molecule has 1 aromatic heterocycles. The lowest BCUT2D eigenvalue weighted by Gasteiger charge is -2.40. The molecule has 0 amide bonds. The molecule has 1 atom stereocenters. The predicted molar refractivity (Wildman–Crippen MR) is 69.8 cm³/mol. The van der Waals surface area contributed by atoms with Crippen LogP contribution in [0.15, 0.2) is 43.0 Å². The highest BCUT2D eigenvalue weighted by atomic mass is 16.3. The van der Waals surface area contributed by atoms with Crippen LogP contribution in [0.25, 0.3) is 0 Å². The normalized spacial score (nSPS) is 15.3. The molecular weight excluding hydrogens is 226 g/mol. The van der Waals surface area contributed by atoms with Gasteiger partial charge in [0.1, 0.15) is 18.3 Å². The summed E-state index contributed by atoms with van der Waals surface area (Å²) in [7, 11) is 0. The lowest BCUT2D eigenvalue weighted by atomic mass is 9.72. The molecule has 0 saturated carbocycles. The molecule has 2 rings (SSSR count). The van der Waals surface area contributed by atoms with Crippen LogP contribution in [0, 0.1) is 5.41 Å². The molecular formula is C14H19N3O. The van der Waals surface area contributed by atoms with E-state index < -0.39 is 5.60 Å². The summed E-state index contributed by atoms with van der Waals surface area (Å²) in [6.07, 6.45) is 3.10. The standard InChI is InChI=1S/C14H19N3O/c1-13(2,3)14(18,9-17-11-15-10-16-17)12-7-5-4-6-8-12/h4-8,10-11,18H,9H2,1-3H3. The van der Waals surface area contributed by atoms with Crippen molar-refractivity contribution in [1.82, 2.24) is 14.8 Å². The van der Waals surface area contributed by atoms with Crippen LogP contribution in [-0.2, 0) is 12.1 Å². The first-order valence-electron chi connectivity index (χ1n) is 6.04. The Labute approximate surface area is 107 Å². The van der Waals surface area contributed by atoms with Crippen LogP contribution in [0.2, 0.25) is 0 Å². The van der Waals surface area contributed by atoms with Crippen molar-refractivity contribution in [2.75, 3.05) is 0 Å². The van der Waals surface area contributed by atoms with Gasteiger partial charge in [-0.1, -0.05) is 51.1 Å². The van der Waals surface area contributed by atoms with Gasteiger partial charge in [-0.15, -0.1) is 0 Å². The van der Waals surface area contributed by atoms with Gasteiger partial charge in [0, 0.05) is 0 Å². The Morgan fingerprint density at radius 2 is 1.83 bits per heavy atom. The minimum atomic E-state index is -0.984. The van der Waals surface area contributed by atoms with E-state index in [0.717, 1.165) is 5.56 Å². The summed E-state index contributed by atoms with van der Waals surface area (Å²) >= 11 is 0. The molecule has 0 aliphatic heterocycles. The van der Waals surface area contributed by atoms with Crippen molar-refractivity contribution in [3.63, 3.8) is 0 Å². The van der Waals surface area contributed by atoms with Gasteiger partial charge < -0.3 is 5.11 Å². The zero-order valence-electron chi connectivity index (χ0n) is 11.0. The zero-order chi connectivity index (χ0) is 13.2. The van der Waals surface area contributed by atoms with E-state index in [9.17, 15) is 5.11 Å². The molecule has 0 bridgehead atoms. The second kappa shape index (κ2) is 4.53. The maximum atomic E-state index is 11.1. The van der Waals surface area contributed by atoms with Crippen molar-refractivity contribution >= 4 is 0 Å². The predicted octanol–water partition coefficient (Wildman–Crippen LogP) is 2.21. The smallest absolute Gasteiger partial charge is 0.137 e. The fraction of sp³-hybridized carbons (Fsp3) is 0.429. The van der Waals surface area contributed by atoms with Gasteiger partial charge in [-0.25, -0.2) is 9.67 Å².